The fourth-order valence-corrected chi connectivity index (χ4v) is 8.00. The number of amides is 1. The molecular weight excluding hydrogens is 361 g/mol. The zero-order valence-corrected chi connectivity index (χ0v) is 17.3. The minimum absolute atomic E-state index is 0.194. The molecule has 2 aromatic rings. The van der Waals surface area contributed by atoms with Crippen molar-refractivity contribution in [2.24, 2.45) is 0 Å². The van der Waals surface area contributed by atoms with Crippen molar-refractivity contribution in [1.29, 1.82) is 0 Å². The van der Waals surface area contributed by atoms with Crippen molar-refractivity contribution in [3.8, 4) is 0 Å². The summed E-state index contributed by atoms with van der Waals surface area (Å²) in [6.07, 6.45) is -1.25. The minimum atomic E-state index is -2.83. The number of hydrogen-bond acceptors (Lipinski definition) is 2. The van der Waals surface area contributed by atoms with E-state index in [0.717, 1.165) is 10.4 Å². The smallest absolute Gasteiger partial charge is 0.404 e. The summed E-state index contributed by atoms with van der Waals surface area (Å²) in [5, 5.41) is 12.8. The van der Waals surface area contributed by atoms with E-state index in [1.54, 1.807) is 0 Å². The van der Waals surface area contributed by atoms with Gasteiger partial charge in [-0.05, 0) is 22.3 Å². The molecule has 0 aliphatic heterocycles. The summed E-state index contributed by atoms with van der Waals surface area (Å²) >= 11 is 0. The first-order chi connectivity index (χ1) is 12.6. The molecule has 2 aromatic carbocycles. The lowest BCUT2D eigenvalue weighted by Gasteiger charge is -2.44. The lowest BCUT2D eigenvalue weighted by molar-refractivity contribution is 0.0936. The number of benzene rings is 2. The molecular formula is C21H28FNO3Si. The molecule has 1 amide bonds. The molecule has 1 atom stereocenters. The minimum Gasteiger partial charge on any atom is -0.465 e. The molecule has 146 valence electrons. The quantitative estimate of drug-likeness (QED) is 0.712. The standard InChI is InChI=1S/C21H28FNO3Si/c1-20(2,3)27(17-11-7-5-8-12-17,18-13-9-6-10-14-18)26-16-21(4,22)15-23-19(24)25/h5-14,23H,15-16H2,1-4H3,(H,24,25). The molecule has 0 saturated heterocycles. The average Bonchev–Trinajstić information content (AvgIpc) is 2.61. The predicted octanol–water partition coefficient (Wildman–Crippen LogP) is 3.56. The monoisotopic (exact) mass is 389 g/mol. The second kappa shape index (κ2) is 8.23. The van der Waals surface area contributed by atoms with E-state index in [0.29, 0.717) is 0 Å². The van der Waals surface area contributed by atoms with Gasteiger partial charge in [-0.25, -0.2) is 9.18 Å². The average molecular weight is 390 g/mol. The third kappa shape index (κ3) is 4.96. The Balaban J connectivity index is 2.48. The highest BCUT2D eigenvalue weighted by Crippen LogP contribution is 2.37. The molecule has 0 spiro atoms. The fourth-order valence-electron chi connectivity index (χ4n) is 3.33. The van der Waals surface area contributed by atoms with Crippen LogP contribution in [0.4, 0.5) is 9.18 Å². The summed E-state index contributed by atoms with van der Waals surface area (Å²) < 4.78 is 21.5. The molecule has 0 radical (unpaired) electrons. The van der Waals surface area contributed by atoms with Crippen molar-refractivity contribution < 1.29 is 18.7 Å². The summed E-state index contributed by atoms with van der Waals surface area (Å²) in [5.74, 6) is 0. The van der Waals surface area contributed by atoms with Crippen molar-refractivity contribution in [2.45, 2.75) is 38.4 Å². The number of hydrogen-bond donors (Lipinski definition) is 2. The van der Waals surface area contributed by atoms with Crippen molar-refractivity contribution >= 4 is 24.8 Å². The Labute approximate surface area is 161 Å². The van der Waals surface area contributed by atoms with Gasteiger partial charge in [0.25, 0.3) is 8.32 Å². The van der Waals surface area contributed by atoms with Gasteiger partial charge >= 0.3 is 6.09 Å². The summed E-state index contributed by atoms with van der Waals surface area (Å²) in [6.45, 7) is 7.20. The van der Waals surface area contributed by atoms with E-state index in [2.05, 4.69) is 26.1 Å². The Morgan fingerprint density at radius 2 is 1.44 bits per heavy atom. The summed E-state index contributed by atoms with van der Waals surface area (Å²) in [7, 11) is -2.83. The maximum absolute atomic E-state index is 15.0. The van der Waals surface area contributed by atoms with Gasteiger partial charge in [0.2, 0.25) is 0 Å². The fraction of sp³-hybridized carbons (Fsp3) is 0.381. The van der Waals surface area contributed by atoms with Gasteiger partial charge in [-0.1, -0.05) is 81.4 Å². The highest BCUT2D eigenvalue weighted by atomic mass is 28.4. The van der Waals surface area contributed by atoms with Gasteiger partial charge in [0, 0.05) is 0 Å². The zero-order valence-electron chi connectivity index (χ0n) is 16.3. The lowest BCUT2D eigenvalue weighted by atomic mass is 10.1. The molecule has 0 saturated carbocycles. The summed E-state index contributed by atoms with van der Waals surface area (Å²) in [6, 6.07) is 19.9. The number of nitrogens with one attached hydrogen (secondary N) is 1. The van der Waals surface area contributed by atoms with Crippen LogP contribution in [-0.2, 0) is 4.43 Å². The molecule has 0 aliphatic rings. The number of rotatable bonds is 7. The van der Waals surface area contributed by atoms with E-state index in [4.69, 9.17) is 9.53 Å². The van der Waals surface area contributed by atoms with Crippen molar-refractivity contribution in [3.05, 3.63) is 60.7 Å². The van der Waals surface area contributed by atoms with Crippen LogP contribution in [0.15, 0.2) is 60.7 Å². The number of alkyl halides is 1. The van der Waals surface area contributed by atoms with E-state index in [9.17, 15) is 9.18 Å². The molecule has 0 aliphatic carbocycles. The van der Waals surface area contributed by atoms with E-state index in [1.165, 1.54) is 6.92 Å². The predicted molar refractivity (Wildman–Crippen MR) is 109 cm³/mol. The highest BCUT2D eigenvalue weighted by Gasteiger charge is 2.51. The first-order valence-corrected chi connectivity index (χ1v) is 10.9. The SMILES string of the molecule is CC(F)(CNC(=O)O)CO[Si](c1ccccc1)(c1ccccc1)C(C)(C)C. The summed E-state index contributed by atoms with van der Waals surface area (Å²) in [4.78, 5) is 10.7. The number of halogens is 1. The van der Waals surface area contributed by atoms with Crippen LogP contribution < -0.4 is 15.7 Å². The first kappa shape index (κ1) is 21.1. The van der Waals surface area contributed by atoms with E-state index >= 15 is 0 Å². The normalized spacial score (nSPS) is 14.4. The van der Waals surface area contributed by atoms with Crippen LogP contribution in [0.1, 0.15) is 27.7 Å². The topological polar surface area (TPSA) is 58.6 Å². The second-order valence-corrected chi connectivity index (χ2v) is 12.3. The van der Waals surface area contributed by atoms with Gasteiger partial charge < -0.3 is 14.8 Å². The molecule has 2 rings (SSSR count). The van der Waals surface area contributed by atoms with Crippen molar-refractivity contribution in [3.63, 3.8) is 0 Å². The van der Waals surface area contributed by atoms with Crippen LogP contribution in [0, 0.1) is 0 Å². The number of carboxylic acid groups (broad SMARTS) is 1. The Morgan fingerprint density at radius 1 is 1.00 bits per heavy atom. The molecule has 6 heteroatoms. The molecule has 0 heterocycles. The van der Waals surface area contributed by atoms with Gasteiger partial charge in [-0.3, -0.25) is 0 Å². The molecule has 2 N–H and O–H groups in total. The van der Waals surface area contributed by atoms with Gasteiger partial charge in [0.05, 0.1) is 13.2 Å². The van der Waals surface area contributed by atoms with Crippen molar-refractivity contribution in [1.82, 2.24) is 5.32 Å². The third-order valence-corrected chi connectivity index (χ3v) is 9.60. The molecule has 27 heavy (non-hydrogen) atoms. The highest BCUT2D eigenvalue weighted by molar-refractivity contribution is 6.99. The summed E-state index contributed by atoms with van der Waals surface area (Å²) in [5.41, 5.74) is -1.81. The third-order valence-electron chi connectivity index (χ3n) is 4.61. The van der Waals surface area contributed by atoms with Crippen LogP contribution in [0.5, 0.6) is 0 Å². The molecule has 0 aromatic heterocycles. The zero-order chi connectivity index (χ0) is 20.1. The van der Waals surface area contributed by atoms with Crippen molar-refractivity contribution in [2.75, 3.05) is 13.2 Å². The van der Waals surface area contributed by atoms with E-state index in [-0.39, 0.29) is 18.2 Å². The van der Waals surface area contributed by atoms with Crippen LogP contribution in [-0.4, -0.2) is 38.3 Å². The van der Waals surface area contributed by atoms with Gasteiger partial charge in [0.1, 0.15) is 5.67 Å². The number of carbonyl (C=O) groups is 1. The van der Waals surface area contributed by atoms with Crippen LogP contribution >= 0.6 is 0 Å². The van der Waals surface area contributed by atoms with Crippen LogP contribution in [0.2, 0.25) is 5.04 Å². The molecule has 0 fully saturated rings. The first-order valence-electron chi connectivity index (χ1n) is 8.99. The Kier molecular flexibility index (Phi) is 6.44. The maximum atomic E-state index is 15.0. The molecule has 4 nitrogen and oxygen atoms in total. The molecule has 0 bridgehead atoms. The molecule has 1 unspecified atom stereocenters. The van der Waals surface area contributed by atoms with Gasteiger partial charge in [0.15, 0.2) is 0 Å². The van der Waals surface area contributed by atoms with E-state index in [1.807, 2.05) is 60.7 Å². The lowest BCUT2D eigenvalue weighted by Crippen LogP contribution is -2.67. The maximum Gasteiger partial charge on any atom is 0.404 e. The van der Waals surface area contributed by atoms with Gasteiger partial charge in [-0.15, -0.1) is 0 Å². The Bertz CT molecular complexity index is 706. The van der Waals surface area contributed by atoms with Crippen LogP contribution in [0.25, 0.3) is 0 Å². The van der Waals surface area contributed by atoms with Crippen LogP contribution in [0.3, 0.4) is 0 Å². The van der Waals surface area contributed by atoms with E-state index < -0.39 is 20.1 Å². The Hall–Kier alpha value is -2.18. The Morgan fingerprint density at radius 3 is 1.81 bits per heavy atom. The second-order valence-electron chi connectivity index (χ2n) is 8.02. The van der Waals surface area contributed by atoms with Gasteiger partial charge in [-0.2, -0.15) is 0 Å². The largest absolute Gasteiger partial charge is 0.465 e.